The van der Waals surface area contributed by atoms with Crippen LogP contribution in [0, 0.1) is 0 Å². The summed E-state index contributed by atoms with van der Waals surface area (Å²) in [7, 11) is 1.65. The molecule has 1 aliphatic carbocycles. The summed E-state index contributed by atoms with van der Waals surface area (Å²) in [4.78, 5) is 15.9. The monoisotopic (exact) mass is 841 g/mol. The molecule has 0 bridgehead atoms. The molecular weight excluding hydrogens is 782 g/mol. The van der Waals surface area contributed by atoms with Crippen molar-refractivity contribution >= 4 is 23.2 Å². The van der Waals surface area contributed by atoms with Gasteiger partial charge in [0.05, 0.1) is 95.5 Å². The molecule has 1 saturated heterocycles. The summed E-state index contributed by atoms with van der Waals surface area (Å²) in [5.74, 6) is 1.45. The maximum Gasteiger partial charge on any atom is 0.257 e. The van der Waals surface area contributed by atoms with Gasteiger partial charge in [-0.3, -0.25) is 9.58 Å². The summed E-state index contributed by atoms with van der Waals surface area (Å²) >= 11 is 6.51. The van der Waals surface area contributed by atoms with Gasteiger partial charge >= 0.3 is 0 Å². The van der Waals surface area contributed by atoms with Crippen LogP contribution in [0.4, 0.5) is 11.6 Å². The van der Waals surface area contributed by atoms with E-state index in [2.05, 4.69) is 44.1 Å². The Morgan fingerprint density at radius 2 is 1.46 bits per heavy atom. The number of anilines is 2. The predicted molar refractivity (Wildman–Crippen MR) is 222 cm³/mol. The Bertz CT molecular complexity index is 1770. The molecule has 4 aromatic rings. The lowest BCUT2D eigenvalue weighted by Gasteiger charge is -2.42. The fourth-order valence-electron chi connectivity index (χ4n) is 7.34. The topological polar surface area (TPSA) is 163 Å². The van der Waals surface area contributed by atoms with E-state index in [1.807, 2.05) is 36.0 Å². The first-order valence-electron chi connectivity index (χ1n) is 20.6. The van der Waals surface area contributed by atoms with Gasteiger partial charge in [0.1, 0.15) is 36.8 Å². The average Bonchev–Trinajstić information content (AvgIpc) is 3.90. The van der Waals surface area contributed by atoms with E-state index in [4.69, 9.17) is 54.6 Å². The molecule has 324 valence electrons. The van der Waals surface area contributed by atoms with Crippen molar-refractivity contribution in [3.05, 3.63) is 54.5 Å². The highest BCUT2D eigenvalue weighted by molar-refractivity contribution is 6.32. The first-order valence-corrected chi connectivity index (χ1v) is 21.0. The number of nitrogens with one attached hydrogen (secondary N) is 1. The van der Waals surface area contributed by atoms with Crippen molar-refractivity contribution in [3.8, 4) is 22.8 Å². The largest absolute Gasteiger partial charge is 0.487 e. The van der Waals surface area contributed by atoms with Crippen LogP contribution in [0.15, 0.2) is 49.4 Å². The van der Waals surface area contributed by atoms with Crippen molar-refractivity contribution in [1.82, 2.24) is 39.4 Å². The first kappa shape index (κ1) is 44.6. The van der Waals surface area contributed by atoms with E-state index in [-0.39, 0.29) is 24.4 Å². The summed E-state index contributed by atoms with van der Waals surface area (Å²) in [6.45, 7) is 13.6. The molecule has 6 rings (SSSR count). The molecule has 0 amide bonds. The van der Waals surface area contributed by atoms with Gasteiger partial charge in [-0.05, 0) is 64.2 Å². The van der Waals surface area contributed by atoms with Crippen LogP contribution in [0.25, 0.3) is 11.1 Å². The second-order valence-electron chi connectivity index (χ2n) is 14.9. The van der Waals surface area contributed by atoms with E-state index in [1.54, 1.807) is 30.5 Å². The van der Waals surface area contributed by atoms with Crippen molar-refractivity contribution in [2.75, 3.05) is 91.6 Å². The van der Waals surface area contributed by atoms with Crippen LogP contribution in [-0.2, 0) is 35.0 Å². The van der Waals surface area contributed by atoms with Crippen LogP contribution < -0.4 is 14.8 Å². The normalized spacial score (nSPS) is 20.4. The average molecular weight is 842 g/mol. The minimum atomic E-state index is -0.184. The zero-order chi connectivity index (χ0) is 41.2. The highest BCUT2D eigenvalue weighted by Gasteiger charge is 2.32. The summed E-state index contributed by atoms with van der Waals surface area (Å²) in [6, 6.07) is 6.43. The molecule has 1 aliphatic heterocycles. The Labute approximate surface area is 351 Å². The third-order valence-corrected chi connectivity index (χ3v) is 10.4. The lowest BCUT2D eigenvalue weighted by Crippen LogP contribution is -2.51. The number of halogens is 1. The van der Waals surface area contributed by atoms with Crippen LogP contribution in [0.1, 0.15) is 52.5 Å². The van der Waals surface area contributed by atoms with Crippen LogP contribution in [0.5, 0.6) is 11.6 Å². The van der Waals surface area contributed by atoms with E-state index in [0.717, 1.165) is 49.9 Å². The van der Waals surface area contributed by atoms with Crippen molar-refractivity contribution in [2.45, 2.75) is 83.4 Å². The van der Waals surface area contributed by atoms with Gasteiger partial charge in [-0.2, -0.15) is 5.10 Å². The first-order chi connectivity index (χ1) is 28.8. The number of aromatic nitrogens is 7. The number of ether oxygens (including phenoxy) is 8. The lowest BCUT2D eigenvalue weighted by molar-refractivity contribution is -0.0852. The Kier molecular flexibility index (Phi) is 18.0. The van der Waals surface area contributed by atoms with Crippen molar-refractivity contribution in [1.29, 1.82) is 0 Å². The number of nitrogens with zero attached hydrogens (tertiary/aromatic N) is 8. The minimum Gasteiger partial charge on any atom is -0.487 e. The predicted octanol–water partition coefficient (Wildman–Crippen LogP) is 5.48. The van der Waals surface area contributed by atoms with Crippen LogP contribution in [-0.4, -0.2) is 150 Å². The zero-order valence-corrected chi connectivity index (χ0v) is 35.5. The van der Waals surface area contributed by atoms with Crippen LogP contribution in [0.3, 0.4) is 0 Å². The summed E-state index contributed by atoms with van der Waals surface area (Å²) in [5, 5.41) is 12.9. The zero-order valence-electron chi connectivity index (χ0n) is 34.7. The molecule has 59 heavy (non-hydrogen) atoms. The Hall–Kier alpha value is -3.94. The third-order valence-electron chi connectivity index (χ3n) is 10.1. The molecule has 3 aromatic heterocycles. The number of hydrogen-bond donors (Lipinski definition) is 1. The minimum absolute atomic E-state index is 0.184. The molecule has 3 atom stereocenters. The Morgan fingerprint density at radius 3 is 2.08 bits per heavy atom. The van der Waals surface area contributed by atoms with Crippen molar-refractivity contribution in [2.24, 2.45) is 0 Å². The van der Waals surface area contributed by atoms with E-state index >= 15 is 0 Å². The highest BCUT2D eigenvalue weighted by Crippen LogP contribution is 2.36. The number of morpholine rings is 1. The maximum absolute atomic E-state index is 6.51. The molecule has 0 spiro atoms. The molecule has 1 aromatic carbocycles. The fraction of sp³-hybridized carbons (Fsp3) is 0.634. The standard InChI is InChI=1S/C41H60ClN9O8/c1-30-24-49(25-31(2)58-30)35-6-8-36(9-7-35)51-27-38(40(48-51)57-20-19-56-18-17-55-16-15-54-14-13-53-12-11-52-4)47-41-44-22-34(23-45-41)33-5-10-37(42)39(21-33)59-32(3)26-50-29-43-28-46-50/h5,10,21-23,27-32,35-36H,6-9,11-20,24-26H2,1-4H3,(H,44,45,47)/t30-,31+,32-,35-,36-/m0/s1. The van der Waals surface area contributed by atoms with Gasteiger partial charge in [0, 0.05) is 44.2 Å². The molecule has 4 heterocycles. The second kappa shape index (κ2) is 23.7. The summed E-state index contributed by atoms with van der Waals surface area (Å²) in [5.41, 5.74) is 2.37. The molecule has 0 unspecified atom stereocenters. The number of methoxy groups -OCH3 is 1. The fourth-order valence-corrected chi connectivity index (χ4v) is 7.50. The number of benzene rings is 1. The molecule has 0 radical (unpaired) electrons. The van der Waals surface area contributed by atoms with Crippen LogP contribution in [0.2, 0.25) is 5.02 Å². The summed E-state index contributed by atoms with van der Waals surface area (Å²) < 4.78 is 49.3. The van der Waals surface area contributed by atoms with E-state index in [0.29, 0.717) is 107 Å². The molecule has 2 fully saturated rings. The van der Waals surface area contributed by atoms with E-state index in [1.165, 1.54) is 6.33 Å². The van der Waals surface area contributed by atoms with Crippen molar-refractivity contribution in [3.63, 3.8) is 0 Å². The number of rotatable bonds is 25. The smallest absolute Gasteiger partial charge is 0.257 e. The van der Waals surface area contributed by atoms with Gasteiger partial charge < -0.3 is 43.2 Å². The molecule has 1 N–H and O–H groups in total. The Morgan fingerprint density at radius 1 is 0.831 bits per heavy atom. The van der Waals surface area contributed by atoms with E-state index < -0.39 is 0 Å². The van der Waals surface area contributed by atoms with Gasteiger partial charge in [-0.15, -0.1) is 5.10 Å². The summed E-state index contributed by atoms with van der Waals surface area (Å²) in [6.07, 6.45) is 13.3. The highest BCUT2D eigenvalue weighted by atomic mass is 35.5. The third kappa shape index (κ3) is 14.3. The SMILES string of the molecule is COCCOCCOCCOCCOCCOc1nn([C@H]2CC[C@H](N3C[C@@H](C)O[C@@H](C)C3)CC2)cc1Nc1ncc(-c2ccc(Cl)c(O[C@@H](C)Cn3cncn3)c2)cn1. The van der Waals surface area contributed by atoms with E-state index in [9.17, 15) is 0 Å². The number of hydrogen-bond acceptors (Lipinski definition) is 15. The van der Waals surface area contributed by atoms with Gasteiger partial charge in [-0.25, -0.2) is 19.6 Å². The molecule has 18 heteroatoms. The molecule has 17 nitrogen and oxygen atoms in total. The lowest BCUT2D eigenvalue weighted by atomic mass is 9.89. The second-order valence-corrected chi connectivity index (χ2v) is 15.3. The van der Waals surface area contributed by atoms with Crippen LogP contribution >= 0.6 is 11.6 Å². The molecular formula is C41H60ClN9O8. The molecule has 2 aliphatic rings. The maximum atomic E-state index is 6.51. The van der Waals surface area contributed by atoms with Gasteiger partial charge in [0.15, 0.2) is 0 Å². The van der Waals surface area contributed by atoms with Crippen molar-refractivity contribution < 1.29 is 37.9 Å². The van der Waals surface area contributed by atoms with Gasteiger partial charge in [0.25, 0.3) is 5.88 Å². The Balaban J connectivity index is 1.02. The van der Waals surface area contributed by atoms with Gasteiger partial charge in [0.2, 0.25) is 5.95 Å². The van der Waals surface area contributed by atoms with Gasteiger partial charge in [-0.1, -0.05) is 17.7 Å². The molecule has 1 saturated carbocycles. The quantitative estimate of drug-likeness (QED) is 0.0834.